The third-order valence-corrected chi connectivity index (χ3v) is 8.37. The van der Waals surface area contributed by atoms with Crippen LogP contribution in [-0.4, -0.2) is 46.6 Å². The number of imide groups is 1. The van der Waals surface area contributed by atoms with E-state index in [0.29, 0.717) is 43.6 Å². The third kappa shape index (κ3) is 5.56. The Kier molecular flexibility index (Phi) is 8.55. The second-order valence-electron chi connectivity index (χ2n) is 10.9. The van der Waals surface area contributed by atoms with E-state index < -0.39 is 13.0 Å². The van der Waals surface area contributed by atoms with Gasteiger partial charge in [-0.05, 0) is 79.3 Å². The number of amides is 2. The molecule has 206 valence electrons. The Morgan fingerprint density at radius 1 is 1.08 bits per heavy atom. The number of nitrogens with zero attached hydrogens (tertiary/aromatic N) is 1. The zero-order valence-electron chi connectivity index (χ0n) is 22.8. The Labute approximate surface area is 230 Å². The van der Waals surface area contributed by atoms with Crippen LogP contribution < -0.4 is 0 Å². The fourth-order valence-electron chi connectivity index (χ4n) is 6.78. The van der Waals surface area contributed by atoms with Crippen molar-refractivity contribution in [1.29, 1.82) is 0 Å². The molecule has 2 fully saturated rings. The molecule has 39 heavy (non-hydrogen) atoms. The first-order chi connectivity index (χ1) is 18.9. The van der Waals surface area contributed by atoms with Gasteiger partial charge in [-0.25, -0.2) is 0 Å². The molecule has 2 aliphatic heterocycles. The number of aliphatic hydroxyl groups excluding tert-OH is 1. The summed E-state index contributed by atoms with van der Waals surface area (Å²) in [6, 6.07) is 13.7. The highest BCUT2D eigenvalue weighted by molar-refractivity contribution is 6.43. The number of allylic oxidation sites excluding steroid dienone is 2. The largest absolute Gasteiger partial charge is 0.459 e. The number of furan rings is 1. The number of hydrogen-bond acceptors (Lipinski definition) is 6. The fraction of sp³-hybridized carbons (Fsp3) is 0.484. The first-order valence-corrected chi connectivity index (χ1v) is 14.3. The maximum Gasteiger partial charge on any atom is 0.455 e. The predicted octanol–water partition coefficient (Wildman–Crippen LogP) is 5.10. The number of carbonyl (C=O) groups is 2. The van der Waals surface area contributed by atoms with E-state index in [-0.39, 0.29) is 36.4 Å². The van der Waals surface area contributed by atoms with Crippen LogP contribution in [0.15, 0.2) is 58.0 Å². The van der Waals surface area contributed by atoms with Gasteiger partial charge in [-0.15, -0.1) is 0 Å². The third-order valence-electron chi connectivity index (χ3n) is 8.37. The fourth-order valence-corrected chi connectivity index (χ4v) is 6.78. The van der Waals surface area contributed by atoms with Crippen molar-refractivity contribution in [2.24, 2.45) is 17.8 Å². The Bertz CT molecular complexity index is 1250. The van der Waals surface area contributed by atoms with Crippen LogP contribution in [0.25, 0.3) is 11.6 Å². The van der Waals surface area contributed by atoms with Crippen LogP contribution in [-0.2, 0) is 20.9 Å². The highest BCUT2D eigenvalue weighted by atomic mass is 16.5. The standard InChI is InChI=1S/C31H38BNO6/c1-3-8-22-17-25-29(31(36)33(15-4-2)30(25)35)26-18-32(37)39-27(28(22)26)14-11-21(20-9-6-5-7-10-20)16-23-12-13-24(19-34)38-23/h5-7,9-10,12-13,16,25-27,29,34,37H,3-4,8,11,14-15,17-19H2,1-2H3/b21-16-/t25-,26+,27-,29-/m1/s1. The second kappa shape index (κ2) is 12.1. The van der Waals surface area contributed by atoms with Crippen molar-refractivity contribution in [3.63, 3.8) is 0 Å². The van der Waals surface area contributed by atoms with E-state index in [0.717, 1.165) is 36.0 Å². The number of fused-ring (bicyclic) bond motifs is 3. The van der Waals surface area contributed by atoms with E-state index in [1.54, 1.807) is 6.07 Å². The minimum atomic E-state index is -0.977. The summed E-state index contributed by atoms with van der Waals surface area (Å²) in [7, 11) is -0.977. The summed E-state index contributed by atoms with van der Waals surface area (Å²) in [5, 5.41) is 20.2. The molecular formula is C31H38BNO6. The number of rotatable bonds is 10. The van der Waals surface area contributed by atoms with Crippen molar-refractivity contribution in [1.82, 2.24) is 4.90 Å². The summed E-state index contributed by atoms with van der Waals surface area (Å²) in [5.41, 5.74) is 4.48. The van der Waals surface area contributed by atoms with Crippen LogP contribution in [0.2, 0.25) is 6.32 Å². The summed E-state index contributed by atoms with van der Waals surface area (Å²) in [5.74, 6) is 0.118. The lowest BCUT2D eigenvalue weighted by atomic mass is 9.58. The van der Waals surface area contributed by atoms with Gasteiger partial charge in [-0.1, -0.05) is 56.2 Å². The van der Waals surface area contributed by atoms with E-state index in [2.05, 4.69) is 19.1 Å². The zero-order valence-corrected chi connectivity index (χ0v) is 22.8. The number of carbonyl (C=O) groups excluding carboxylic acids is 2. The molecule has 0 radical (unpaired) electrons. The van der Waals surface area contributed by atoms with Gasteiger partial charge in [-0.3, -0.25) is 14.5 Å². The average molecular weight is 531 g/mol. The lowest BCUT2D eigenvalue weighted by Crippen LogP contribution is -2.46. The minimum Gasteiger partial charge on any atom is -0.459 e. The second-order valence-corrected chi connectivity index (χ2v) is 10.9. The molecule has 5 rings (SSSR count). The normalized spacial score (nSPS) is 25.4. The number of aliphatic hydroxyl groups is 1. The molecule has 2 amide bonds. The van der Waals surface area contributed by atoms with Gasteiger partial charge in [-0.2, -0.15) is 0 Å². The summed E-state index contributed by atoms with van der Waals surface area (Å²) >= 11 is 0. The van der Waals surface area contributed by atoms with Gasteiger partial charge in [0.05, 0.1) is 17.9 Å². The maximum absolute atomic E-state index is 13.5. The summed E-state index contributed by atoms with van der Waals surface area (Å²) in [4.78, 5) is 28.2. The maximum atomic E-state index is 13.5. The lowest BCUT2D eigenvalue weighted by Gasteiger charge is -2.43. The Morgan fingerprint density at radius 2 is 1.87 bits per heavy atom. The molecule has 3 heterocycles. The number of likely N-dealkylation sites (tertiary alicyclic amines) is 1. The average Bonchev–Trinajstić information content (AvgIpc) is 3.49. The molecule has 0 spiro atoms. The topological polar surface area (TPSA) is 100 Å². The number of hydrogen-bond donors (Lipinski definition) is 2. The van der Waals surface area contributed by atoms with Crippen molar-refractivity contribution < 1.29 is 28.8 Å². The molecule has 0 bridgehead atoms. The molecule has 0 saturated carbocycles. The highest BCUT2D eigenvalue weighted by Crippen LogP contribution is 2.51. The molecule has 0 unspecified atom stereocenters. The van der Waals surface area contributed by atoms with Gasteiger partial charge in [0.2, 0.25) is 11.8 Å². The van der Waals surface area contributed by atoms with Crippen molar-refractivity contribution in [3.05, 3.63) is 70.7 Å². The molecule has 3 aliphatic rings. The summed E-state index contributed by atoms with van der Waals surface area (Å²) < 4.78 is 11.9. The van der Waals surface area contributed by atoms with E-state index >= 15 is 0 Å². The van der Waals surface area contributed by atoms with Crippen molar-refractivity contribution in [2.45, 2.75) is 71.4 Å². The molecule has 1 aromatic carbocycles. The van der Waals surface area contributed by atoms with Crippen LogP contribution >= 0.6 is 0 Å². The van der Waals surface area contributed by atoms with Crippen LogP contribution in [0.4, 0.5) is 0 Å². The predicted molar refractivity (Wildman–Crippen MR) is 150 cm³/mol. The molecule has 1 aromatic heterocycles. The Balaban J connectivity index is 1.46. The van der Waals surface area contributed by atoms with Crippen molar-refractivity contribution in [3.8, 4) is 0 Å². The Morgan fingerprint density at radius 3 is 2.56 bits per heavy atom. The van der Waals surface area contributed by atoms with Crippen molar-refractivity contribution >= 4 is 30.6 Å². The van der Waals surface area contributed by atoms with Crippen LogP contribution in [0, 0.1) is 17.8 Å². The van der Waals surface area contributed by atoms with Gasteiger partial charge in [0, 0.05) is 6.54 Å². The zero-order chi connectivity index (χ0) is 27.5. The molecular weight excluding hydrogens is 493 g/mol. The van der Waals surface area contributed by atoms with Gasteiger partial charge < -0.3 is 19.2 Å². The van der Waals surface area contributed by atoms with E-state index in [9.17, 15) is 19.7 Å². The highest BCUT2D eigenvalue weighted by Gasteiger charge is 2.56. The molecule has 2 aromatic rings. The van der Waals surface area contributed by atoms with E-state index in [4.69, 9.17) is 9.07 Å². The Hall–Kier alpha value is -2.94. The number of benzene rings is 1. The molecule has 2 saturated heterocycles. The van der Waals surface area contributed by atoms with Gasteiger partial charge in [0.25, 0.3) is 0 Å². The first-order valence-electron chi connectivity index (χ1n) is 14.3. The molecule has 8 heteroatoms. The monoisotopic (exact) mass is 531 g/mol. The van der Waals surface area contributed by atoms with Gasteiger partial charge >= 0.3 is 7.12 Å². The molecule has 7 nitrogen and oxygen atoms in total. The summed E-state index contributed by atoms with van der Waals surface area (Å²) in [6.07, 6.45) is 6.43. The quantitative estimate of drug-likeness (QED) is 0.252. The summed E-state index contributed by atoms with van der Waals surface area (Å²) in [6.45, 7) is 4.41. The SMILES string of the molecule is CCCC1=C2[C@@H](CC/C(=C/c3ccc(CO)o3)c3ccccc3)OB(O)C[C@@H]2[C@@H]2C(=O)N(CCC)C(=O)[C@@H]2C1. The molecule has 4 atom stereocenters. The van der Waals surface area contributed by atoms with E-state index in [1.807, 2.05) is 37.3 Å². The minimum absolute atomic E-state index is 0.0490. The van der Waals surface area contributed by atoms with Crippen molar-refractivity contribution in [2.75, 3.05) is 6.54 Å². The van der Waals surface area contributed by atoms with Gasteiger partial charge in [0.15, 0.2) is 0 Å². The van der Waals surface area contributed by atoms with Crippen LogP contribution in [0.3, 0.4) is 0 Å². The van der Waals surface area contributed by atoms with Crippen LogP contribution in [0.5, 0.6) is 0 Å². The smallest absolute Gasteiger partial charge is 0.455 e. The lowest BCUT2D eigenvalue weighted by molar-refractivity contribution is -0.140. The van der Waals surface area contributed by atoms with Crippen LogP contribution in [0.1, 0.15) is 69.5 Å². The molecule has 2 N–H and O–H groups in total. The first kappa shape index (κ1) is 27.6. The van der Waals surface area contributed by atoms with E-state index in [1.165, 1.54) is 10.5 Å². The van der Waals surface area contributed by atoms with Gasteiger partial charge in [0.1, 0.15) is 18.1 Å². The molecule has 1 aliphatic carbocycles.